The van der Waals surface area contributed by atoms with Gasteiger partial charge in [-0.2, -0.15) is 0 Å². The SMILES string of the molecule is CSc1cccc(NCCC(C)S(C)=O)c1C(=O)O. The molecule has 0 aliphatic rings. The van der Waals surface area contributed by atoms with Gasteiger partial charge in [0.25, 0.3) is 0 Å². The Balaban J connectivity index is 2.78. The largest absolute Gasteiger partial charge is 0.478 e. The molecule has 0 bridgehead atoms. The molecular weight excluding hydrogens is 282 g/mol. The highest BCUT2D eigenvalue weighted by Gasteiger charge is 2.15. The highest BCUT2D eigenvalue weighted by Crippen LogP contribution is 2.27. The predicted molar refractivity (Wildman–Crippen MR) is 81.8 cm³/mol. The monoisotopic (exact) mass is 301 g/mol. The molecule has 0 aliphatic heterocycles. The summed E-state index contributed by atoms with van der Waals surface area (Å²) in [5.74, 6) is -0.931. The summed E-state index contributed by atoms with van der Waals surface area (Å²) in [6.07, 6.45) is 4.28. The van der Waals surface area contributed by atoms with Gasteiger partial charge < -0.3 is 10.4 Å². The van der Waals surface area contributed by atoms with Crippen LogP contribution in [0.2, 0.25) is 0 Å². The molecule has 1 aromatic carbocycles. The number of hydrogen-bond acceptors (Lipinski definition) is 4. The van der Waals surface area contributed by atoms with Gasteiger partial charge in [0.05, 0.1) is 5.56 Å². The van der Waals surface area contributed by atoms with E-state index >= 15 is 0 Å². The second kappa shape index (κ2) is 7.55. The molecule has 0 heterocycles. The predicted octanol–water partition coefficient (Wildman–Crippen LogP) is 2.68. The molecule has 19 heavy (non-hydrogen) atoms. The lowest BCUT2D eigenvalue weighted by molar-refractivity contribution is 0.0694. The number of nitrogens with one attached hydrogen (secondary N) is 1. The van der Waals surface area contributed by atoms with E-state index in [9.17, 15) is 14.1 Å². The van der Waals surface area contributed by atoms with Gasteiger partial charge in [-0.15, -0.1) is 11.8 Å². The average molecular weight is 301 g/mol. The highest BCUT2D eigenvalue weighted by molar-refractivity contribution is 7.98. The number of aromatic carboxylic acids is 1. The first-order chi connectivity index (χ1) is 8.97. The average Bonchev–Trinajstić information content (AvgIpc) is 2.37. The van der Waals surface area contributed by atoms with Crippen LogP contribution in [0.3, 0.4) is 0 Å². The van der Waals surface area contributed by atoms with Crippen LogP contribution in [0.25, 0.3) is 0 Å². The summed E-state index contributed by atoms with van der Waals surface area (Å²) in [6.45, 7) is 2.53. The Morgan fingerprint density at radius 1 is 1.53 bits per heavy atom. The van der Waals surface area contributed by atoms with Crippen molar-refractivity contribution >= 4 is 34.2 Å². The molecule has 0 saturated carbocycles. The van der Waals surface area contributed by atoms with Gasteiger partial charge in [0.15, 0.2) is 0 Å². The number of carboxylic acids is 1. The van der Waals surface area contributed by atoms with Crippen molar-refractivity contribution in [2.24, 2.45) is 0 Å². The van der Waals surface area contributed by atoms with Crippen LogP contribution in [0.5, 0.6) is 0 Å². The van der Waals surface area contributed by atoms with Gasteiger partial charge in [-0.25, -0.2) is 4.79 Å². The minimum absolute atomic E-state index is 0.101. The van der Waals surface area contributed by atoms with E-state index in [-0.39, 0.29) is 5.25 Å². The van der Waals surface area contributed by atoms with Crippen LogP contribution in [0.4, 0.5) is 5.69 Å². The van der Waals surface area contributed by atoms with Crippen LogP contribution in [0.1, 0.15) is 23.7 Å². The Kier molecular flexibility index (Phi) is 6.37. The molecular formula is C13H19NO3S2. The Labute approximate surface area is 120 Å². The van der Waals surface area contributed by atoms with E-state index in [1.165, 1.54) is 11.8 Å². The van der Waals surface area contributed by atoms with Crippen molar-refractivity contribution in [1.29, 1.82) is 0 Å². The van der Waals surface area contributed by atoms with Gasteiger partial charge in [0.1, 0.15) is 0 Å². The normalized spacial score (nSPS) is 13.8. The van der Waals surface area contributed by atoms with Gasteiger partial charge in [0.2, 0.25) is 0 Å². The van der Waals surface area contributed by atoms with Gasteiger partial charge in [-0.05, 0) is 24.8 Å². The minimum atomic E-state index is -0.931. The maximum atomic E-state index is 11.3. The molecule has 106 valence electrons. The van der Waals surface area contributed by atoms with Crippen molar-refractivity contribution in [2.75, 3.05) is 24.4 Å². The fraction of sp³-hybridized carbons (Fsp3) is 0.462. The fourth-order valence-electron chi connectivity index (χ4n) is 1.65. The zero-order chi connectivity index (χ0) is 14.4. The molecule has 1 aromatic rings. The van der Waals surface area contributed by atoms with E-state index in [0.717, 1.165) is 11.3 Å². The third kappa shape index (κ3) is 4.54. The number of carbonyl (C=O) groups is 1. The summed E-state index contributed by atoms with van der Waals surface area (Å²) in [5.41, 5.74) is 0.925. The van der Waals surface area contributed by atoms with E-state index < -0.39 is 16.8 Å². The quantitative estimate of drug-likeness (QED) is 0.758. The molecule has 0 spiro atoms. The number of hydrogen-bond donors (Lipinski definition) is 2. The smallest absolute Gasteiger partial charge is 0.338 e. The van der Waals surface area contributed by atoms with Gasteiger partial charge in [-0.3, -0.25) is 4.21 Å². The lowest BCUT2D eigenvalue weighted by Gasteiger charge is -2.14. The Morgan fingerprint density at radius 3 is 2.74 bits per heavy atom. The van der Waals surface area contributed by atoms with E-state index in [2.05, 4.69) is 5.32 Å². The summed E-state index contributed by atoms with van der Waals surface area (Å²) < 4.78 is 11.2. The number of benzene rings is 1. The first-order valence-electron chi connectivity index (χ1n) is 5.93. The molecule has 2 unspecified atom stereocenters. The molecule has 1 rings (SSSR count). The van der Waals surface area contributed by atoms with Crippen molar-refractivity contribution in [2.45, 2.75) is 23.5 Å². The molecule has 0 fully saturated rings. The molecule has 2 N–H and O–H groups in total. The highest BCUT2D eigenvalue weighted by atomic mass is 32.2. The van der Waals surface area contributed by atoms with Crippen LogP contribution in [0, 0.1) is 0 Å². The van der Waals surface area contributed by atoms with Crippen molar-refractivity contribution in [3.63, 3.8) is 0 Å². The number of carboxylic acid groups (broad SMARTS) is 1. The summed E-state index contributed by atoms with van der Waals surface area (Å²) in [7, 11) is -0.849. The lowest BCUT2D eigenvalue weighted by Crippen LogP contribution is -2.16. The summed E-state index contributed by atoms with van der Waals surface area (Å²) in [5, 5.41) is 12.5. The van der Waals surface area contributed by atoms with Crippen LogP contribution in [-0.2, 0) is 10.8 Å². The zero-order valence-electron chi connectivity index (χ0n) is 11.3. The second-order valence-corrected chi connectivity index (χ2v) is 6.86. The van der Waals surface area contributed by atoms with E-state index in [0.29, 0.717) is 17.8 Å². The molecule has 0 saturated heterocycles. The van der Waals surface area contributed by atoms with Gasteiger partial charge >= 0.3 is 5.97 Å². The van der Waals surface area contributed by atoms with Crippen LogP contribution < -0.4 is 5.32 Å². The van der Waals surface area contributed by atoms with Crippen LogP contribution in [-0.4, -0.2) is 39.6 Å². The maximum absolute atomic E-state index is 11.3. The second-order valence-electron chi connectivity index (χ2n) is 4.21. The maximum Gasteiger partial charge on any atom is 0.338 e. The van der Waals surface area contributed by atoms with E-state index in [4.69, 9.17) is 0 Å². The molecule has 0 aliphatic carbocycles. The Morgan fingerprint density at radius 2 is 2.21 bits per heavy atom. The summed E-state index contributed by atoms with van der Waals surface area (Å²) >= 11 is 1.41. The van der Waals surface area contributed by atoms with Crippen LogP contribution in [0.15, 0.2) is 23.1 Å². The molecule has 0 aromatic heterocycles. The number of thioether (sulfide) groups is 1. The van der Waals surface area contributed by atoms with Crippen molar-refractivity contribution in [3.8, 4) is 0 Å². The Hall–Kier alpha value is -1.01. The van der Waals surface area contributed by atoms with Crippen molar-refractivity contribution in [1.82, 2.24) is 0 Å². The minimum Gasteiger partial charge on any atom is -0.478 e. The summed E-state index contributed by atoms with van der Waals surface area (Å²) in [4.78, 5) is 12.0. The lowest BCUT2D eigenvalue weighted by atomic mass is 10.1. The van der Waals surface area contributed by atoms with Crippen LogP contribution >= 0.6 is 11.8 Å². The third-order valence-electron chi connectivity index (χ3n) is 2.89. The standard InChI is InChI=1S/C13H19NO3S2/c1-9(19(3)17)7-8-14-10-5-4-6-11(18-2)12(10)13(15)16/h4-6,9,14H,7-8H2,1-3H3,(H,15,16). The zero-order valence-corrected chi connectivity index (χ0v) is 12.9. The third-order valence-corrected chi connectivity index (χ3v) is 5.04. The Bertz CT molecular complexity index is 477. The first kappa shape index (κ1) is 16.0. The fourth-order valence-corrected chi connectivity index (χ4v) is 2.71. The van der Waals surface area contributed by atoms with E-state index in [1.807, 2.05) is 19.2 Å². The molecule has 4 nitrogen and oxygen atoms in total. The van der Waals surface area contributed by atoms with Crippen molar-refractivity contribution in [3.05, 3.63) is 23.8 Å². The molecule has 0 radical (unpaired) electrons. The number of anilines is 1. The van der Waals surface area contributed by atoms with E-state index in [1.54, 1.807) is 18.4 Å². The molecule has 2 atom stereocenters. The number of rotatable bonds is 7. The summed E-state index contributed by atoms with van der Waals surface area (Å²) in [6, 6.07) is 5.39. The molecule has 0 amide bonds. The molecule has 6 heteroatoms. The van der Waals surface area contributed by atoms with Gasteiger partial charge in [-0.1, -0.05) is 13.0 Å². The van der Waals surface area contributed by atoms with Gasteiger partial charge in [0, 0.05) is 39.4 Å². The first-order valence-corrected chi connectivity index (χ1v) is 8.78. The topological polar surface area (TPSA) is 66.4 Å². The van der Waals surface area contributed by atoms with Crippen molar-refractivity contribution < 1.29 is 14.1 Å².